The number of esters is 1. The van der Waals surface area contributed by atoms with Gasteiger partial charge in [-0.2, -0.15) is 5.48 Å². The predicted octanol–water partition coefficient (Wildman–Crippen LogP) is 1.45. The van der Waals surface area contributed by atoms with E-state index in [0.717, 1.165) is 11.1 Å². The first-order valence-corrected chi connectivity index (χ1v) is 9.04. The first kappa shape index (κ1) is 22.1. The van der Waals surface area contributed by atoms with E-state index >= 15 is 0 Å². The lowest BCUT2D eigenvalue weighted by Crippen LogP contribution is -2.47. The van der Waals surface area contributed by atoms with Crippen LogP contribution in [0.1, 0.15) is 17.5 Å². The molecule has 0 aromatic heterocycles. The highest BCUT2D eigenvalue weighted by Gasteiger charge is 2.26. The van der Waals surface area contributed by atoms with E-state index in [2.05, 4.69) is 10.8 Å². The summed E-state index contributed by atoms with van der Waals surface area (Å²) >= 11 is 0. The largest absolute Gasteiger partial charge is 0.480 e. The maximum absolute atomic E-state index is 12.3. The van der Waals surface area contributed by atoms with Crippen LogP contribution in [-0.4, -0.2) is 42.1 Å². The third-order valence-corrected chi connectivity index (χ3v) is 4.10. The number of ether oxygens (including phenoxy) is 1. The van der Waals surface area contributed by atoms with Gasteiger partial charge in [0.1, 0.15) is 12.1 Å². The van der Waals surface area contributed by atoms with Crippen molar-refractivity contribution in [2.24, 2.45) is 0 Å². The van der Waals surface area contributed by atoms with E-state index in [1.807, 2.05) is 60.7 Å². The molecule has 29 heavy (non-hydrogen) atoms. The highest BCUT2D eigenvalue weighted by molar-refractivity contribution is 5.88. The molecule has 0 aliphatic heterocycles. The second kappa shape index (κ2) is 11.6. The van der Waals surface area contributed by atoms with Gasteiger partial charge in [0.2, 0.25) is 5.91 Å². The van der Waals surface area contributed by atoms with E-state index in [1.165, 1.54) is 7.11 Å². The van der Waals surface area contributed by atoms with Gasteiger partial charge in [0.25, 0.3) is 0 Å². The summed E-state index contributed by atoms with van der Waals surface area (Å²) in [4.78, 5) is 41.0. The lowest BCUT2D eigenvalue weighted by Gasteiger charge is -2.19. The smallest absolute Gasteiger partial charge is 0.328 e. The van der Waals surface area contributed by atoms with Crippen LogP contribution in [0.2, 0.25) is 0 Å². The molecule has 0 spiro atoms. The van der Waals surface area contributed by atoms with E-state index in [9.17, 15) is 19.5 Å². The quantitative estimate of drug-likeness (QED) is 0.386. The molecule has 0 saturated carbocycles. The maximum atomic E-state index is 12.3. The van der Waals surface area contributed by atoms with Crippen molar-refractivity contribution in [2.45, 2.75) is 31.5 Å². The maximum Gasteiger partial charge on any atom is 0.328 e. The summed E-state index contributed by atoms with van der Waals surface area (Å²) in [6, 6.07) is 16.1. The normalized spacial score (nSPS) is 12.6. The number of carbonyl (C=O) groups excluding carboxylic acids is 2. The molecule has 1 amide bonds. The van der Waals surface area contributed by atoms with Crippen LogP contribution < -0.4 is 10.8 Å². The molecular formula is C21H24N2O6. The molecule has 0 aliphatic carbocycles. The Balaban J connectivity index is 1.90. The molecular weight excluding hydrogens is 376 g/mol. The molecule has 3 N–H and O–H groups in total. The van der Waals surface area contributed by atoms with Crippen molar-refractivity contribution in [3.8, 4) is 0 Å². The summed E-state index contributed by atoms with van der Waals surface area (Å²) < 4.78 is 4.74. The second-order valence-electron chi connectivity index (χ2n) is 6.32. The van der Waals surface area contributed by atoms with E-state index < -0.39 is 36.4 Å². The molecule has 0 saturated heterocycles. The topological polar surface area (TPSA) is 114 Å². The predicted molar refractivity (Wildman–Crippen MR) is 105 cm³/mol. The van der Waals surface area contributed by atoms with Gasteiger partial charge in [-0.1, -0.05) is 60.7 Å². The first-order chi connectivity index (χ1) is 14.0. The fourth-order valence-electron chi connectivity index (χ4n) is 2.60. The lowest BCUT2D eigenvalue weighted by molar-refractivity contribution is -0.148. The van der Waals surface area contributed by atoms with Crippen molar-refractivity contribution in [1.82, 2.24) is 10.8 Å². The Hall–Kier alpha value is -3.23. The van der Waals surface area contributed by atoms with E-state index in [4.69, 9.17) is 9.57 Å². The summed E-state index contributed by atoms with van der Waals surface area (Å²) in [5.74, 6) is -2.47. The standard InChI is InChI=1S/C21H24N2O6/c1-28-21(27)18(12-15-8-4-2-5-9-15)22-19(24)13-17(20(25)26)23-29-14-16-10-6-3-7-11-16/h2-11,17-18,23H,12-14H2,1H3,(H,22,24)(H,25,26)/t17-,18-/m0/s1. The summed E-state index contributed by atoms with van der Waals surface area (Å²) in [6.45, 7) is 0.144. The Kier molecular flexibility index (Phi) is 8.81. The van der Waals surface area contributed by atoms with E-state index in [1.54, 1.807) is 0 Å². The second-order valence-corrected chi connectivity index (χ2v) is 6.32. The molecule has 2 aromatic rings. The molecule has 2 aromatic carbocycles. The van der Waals surface area contributed by atoms with Gasteiger partial charge >= 0.3 is 11.9 Å². The molecule has 8 nitrogen and oxygen atoms in total. The van der Waals surface area contributed by atoms with Gasteiger partial charge in [-0.25, -0.2) is 4.79 Å². The van der Waals surface area contributed by atoms with Crippen LogP contribution in [-0.2, 0) is 37.0 Å². The van der Waals surface area contributed by atoms with Crippen molar-refractivity contribution in [3.05, 3.63) is 71.8 Å². The number of amides is 1. The Morgan fingerprint density at radius 1 is 0.931 bits per heavy atom. The first-order valence-electron chi connectivity index (χ1n) is 9.04. The molecule has 8 heteroatoms. The van der Waals surface area contributed by atoms with Crippen LogP contribution in [0, 0.1) is 0 Å². The van der Waals surface area contributed by atoms with Crippen molar-refractivity contribution in [2.75, 3.05) is 7.11 Å². The number of carboxylic acid groups (broad SMARTS) is 1. The number of benzene rings is 2. The zero-order valence-corrected chi connectivity index (χ0v) is 16.0. The van der Waals surface area contributed by atoms with Crippen molar-refractivity contribution in [3.63, 3.8) is 0 Å². The fraction of sp³-hybridized carbons (Fsp3) is 0.286. The zero-order chi connectivity index (χ0) is 21.1. The number of methoxy groups -OCH3 is 1. The molecule has 0 unspecified atom stereocenters. The Morgan fingerprint density at radius 2 is 1.52 bits per heavy atom. The lowest BCUT2D eigenvalue weighted by atomic mass is 10.1. The number of hydrogen-bond donors (Lipinski definition) is 3. The number of hydrogen-bond acceptors (Lipinski definition) is 6. The summed E-state index contributed by atoms with van der Waals surface area (Å²) in [5.41, 5.74) is 4.07. The van der Waals surface area contributed by atoms with E-state index in [-0.39, 0.29) is 13.0 Å². The zero-order valence-electron chi connectivity index (χ0n) is 16.0. The minimum atomic E-state index is -1.27. The summed E-state index contributed by atoms with van der Waals surface area (Å²) in [5, 5.41) is 11.9. The summed E-state index contributed by atoms with van der Waals surface area (Å²) in [7, 11) is 1.23. The van der Waals surface area contributed by atoms with Crippen molar-refractivity contribution in [1.29, 1.82) is 0 Å². The molecule has 0 heterocycles. The molecule has 0 fully saturated rings. The number of rotatable bonds is 11. The van der Waals surface area contributed by atoms with E-state index in [0.29, 0.717) is 0 Å². The molecule has 154 valence electrons. The minimum absolute atomic E-state index is 0.144. The number of carbonyl (C=O) groups is 3. The monoisotopic (exact) mass is 400 g/mol. The average molecular weight is 400 g/mol. The molecule has 0 aliphatic rings. The van der Waals surface area contributed by atoms with Crippen LogP contribution in [0.3, 0.4) is 0 Å². The third kappa shape index (κ3) is 7.73. The van der Waals surface area contributed by atoms with Crippen LogP contribution in [0.25, 0.3) is 0 Å². The Labute approximate surface area is 168 Å². The van der Waals surface area contributed by atoms with Crippen molar-refractivity contribution >= 4 is 17.8 Å². The molecule has 2 atom stereocenters. The fourth-order valence-corrected chi connectivity index (χ4v) is 2.60. The Morgan fingerprint density at radius 3 is 2.07 bits per heavy atom. The molecule has 0 radical (unpaired) electrons. The SMILES string of the molecule is COC(=O)[C@H](Cc1ccccc1)NC(=O)C[C@H](NOCc1ccccc1)C(=O)O. The van der Waals surface area contributed by atoms with Crippen LogP contribution in [0.4, 0.5) is 0 Å². The molecule has 2 rings (SSSR count). The van der Waals surface area contributed by atoms with Gasteiger partial charge in [0, 0.05) is 6.42 Å². The minimum Gasteiger partial charge on any atom is -0.480 e. The number of nitrogens with one attached hydrogen (secondary N) is 2. The third-order valence-electron chi connectivity index (χ3n) is 4.10. The van der Waals surface area contributed by atoms with Crippen LogP contribution in [0.5, 0.6) is 0 Å². The van der Waals surface area contributed by atoms with Crippen LogP contribution in [0.15, 0.2) is 60.7 Å². The number of carboxylic acids is 1. The van der Waals surface area contributed by atoms with Crippen molar-refractivity contribution < 1.29 is 29.1 Å². The Bertz CT molecular complexity index is 797. The van der Waals surface area contributed by atoms with Gasteiger partial charge in [-0.05, 0) is 11.1 Å². The van der Waals surface area contributed by atoms with Gasteiger partial charge in [0.15, 0.2) is 0 Å². The number of aliphatic carboxylic acids is 1. The van der Waals surface area contributed by atoms with Gasteiger partial charge in [-0.3, -0.25) is 14.4 Å². The number of hydroxylamine groups is 1. The van der Waals surface area contributed by atoms with Gasteiger partial charge in [0.05, 0.1) is 20.1 Å². The average Bonchev–Trinajstić information content (AvgIpc) is 2.73. The van der Waals surface area contributed by atoms with Gasteiger partial charge < -0.3 is 15.2 Å². The summed E-state index contributed by atoms with van der Waals surface area (Å²) in [6.07, 6.45) is -0.179. The molecule has 0 bridgehead atoms. The highest BCUT2D eigenvalue weighted by atomic mass is 16.6. The highest BCUT2D eigenvalue weighted by Crippen LogP contribution is 2.06. The van der Waals surface area contributed by atoms with Crippen LogP contribution >= 0.6 is 0 Å². The van der Waals surface area contributed by atoms with Gasteiger partial charge in [-0.15, -0.1) is 0 Å².